The fraction of sp³-hybridized carbons (Fsp3) is 0.941. The number of likely N-dealkylation sites (tertiary alicyclic amines) is 1. The monoisotopic (exact) mass is 293 g/mol. The van der Waals surface area contributed by atoms with Crippen molar-refractivity contribution in [2.45, 2.75) is 64.0 Å². The molecule has 2 unspecified atom stereocenters. The van der Waals surface area contributed by atoms with Gasteiger partial charge in [0.15, 0.2) is 0 Å². The number of nitrogens with zero attached hydrogens (tertiary/aromatic N) is 2. The third kappa shape index (κ3) is 3.98. The average Bonchev–Trinajstić information content (AvgIpc) is 3.38. The summed E-state index contributed by atoms with van der Waals surface area (Å²) in [7, 11) is 0. The van der Waals surface area contributed by atoms with Crippen LogP contribution >= 0.6 is 0 Å². The van der Waals surface area contributed by atoms with Crippen LogP contribution in [0.25, 0.3) is 0 Å². The molecule has 4 heteroatoms. The first-order valence-electron chi connectivity index (χ1n) is 9.01. The van der Waals surface area contributed by atoms with Crippen molar-refractivity contribution >= 4 is 5.91 Å². The number of nitrogens with one attached hydrogen (secondary N) is 1. The van der Waals surface area contributed by atoms with E-state index in [9.17, 15) is 4.79 Å². The predicted octanol–water partition coefficient (Wildman–Crippen LogP) is 1.85. The van der Waals surface area contributed by atoms with Gasteiger partial charge in [-0.15, -0.1) is 0 Å². The van der Waals surface area contributed by atoms with Crippen molar-refractivity contribution in [3.8, 4) is 0 Å². The summed E-state index contributed by atoms with van der Waals surface area (Å²) in [6.45, 7) is 7.51. The summed E-state index contributed by atoms with van der Waals surface area (Å²) in [5, 5.41) is 3.51. The zero-order valence-corrected chi connectivity index (χ0v) is 13.5. The molecular formula is C17H31N3O. The van der Waals surface area contributed by atoms with Gasteiger partial charge in [-0.2, -0.15) is 0 Å². The highest BCUT2D eigenvalue weighted by Crippen LogP contribution is 2.31. The number of hydrogen-bond donors (Lipinski definition) is 1. The van der Waals surface area contributed by atoms with Crippen molar-refractivity contribution in [1.82, 2.24) is 15.1 Å². The molecule has 1 N–H and O–H groups in total. The van der Waals surface area contributed by atoms with Gasteiger partial charge in [0.2, 0.25) is 5.91 Å². The molecule has 2 saturated heterocycles. The Morgan fingerprint density at radius 1 is 1.19 bits per heavy atom. The summed E-state index contributed by atoms with van der Waals surface area (Å²) in [5.74, 6) is 1.11. The minimum atomic E-state index is 0.0810. The van der Waals surface area contributed by atoms with Crippen LogP contribution in [0.4, 0.5) is 0 Å². The quantitative estimate of drug-likeness (QED) is 0.840. The smallest absolute Gasteiger partial charge is 0.239 e. The van der Waals surface area contributed by atoms with Crippen LogP contribution in [0.1, 0.15) is 51.9 Å². The van der Waals surface area contributed by atoms with Gasteiger partial charge in [0.1, 0.15) is 0 Å². The van der Waals surface area contributed by atoms with Crippen molar-refractivity contribution in [2.24, 2.45) is 5.92 Å². The number of carbonyl (C=O) groups excluding carboxylic acids is 1. The average molecular weight is 293 g/mol. The fourth-order valence-electron chi connectivity index (χ4n) is 3.93. The lowest BCUT2D eigenvalue weighted by atomic mass is 9.98. The van der Waals surface area contributed by atoms with Gasteiger partial charge in [-0.3, -0.25) is 9.69 Å². The Morgan fingerprint density at radius 2 is 1.95 bits per heavy atom. The molecule has 120 valence electrons. The van der Waals surface area contributed by atoms with Crippen LogP contribution in [-0.4, -0.2) is 60.5 Å². The molecular weight excluding hydrogens is 262 g/mol. The maximum Gasteiger partial charge on any atom is 0.239 e. The first-order chi connectivity index (χ1) is 10.3. The number of carbonyl (C=O) groups is 1. The molecule has 0 aromatic heterocycles. The summed E-state index contributed by atoms with van der Waals surface area (Å²) >= 11 is 0. The van der Waals surface area contributed by atoms with Crippen LogP contribution in [0.3, 0.4) is 0 Å². The van der Waals surface area contributed by atoms with Gasteiger partial charge in [0.25, 0.3) is 0 Å². The van der Waals surface area contributed by atoms with E-state index in [0.29, 0.717) is 11.9 Å². The second kappa shape index (κ2) is 7.10. The van der Waals surface area contributed by atoms with Gasteiger partial charge >= 0.3 is 0 Å². The van der Waals surface area contributed by atoms with Crippen molar-refractivity contribution in [3.05, 3.63) is 0 Å². The largest absolute Gasteiger partial charge is 0.341 e. The molecule has 0 bridgehead atoms. The number of rotatable bonds is 5. The minimum Gasteiger partial charge on any atom is -0.341 e. The van der Waals surface area contributed by atoms with Gasteiger partial charge in [0.05, 0.1) is 6.04 Å². The second-order valence-corrected chi connectivity index (χ2v) is 7.20. The Kier molecular flexibility index (Phi) is 5.17. The standard InChI is InChI=1S/C17H31N3O/c1-14(17(21)19-10-3-2-4-11-19)20(16-7-8-16)13-15-6-5-9-18-12-15/h14-16,18H,2-13H2,1H3. The van der Waals surface area contributed by atoms with Crippen LogP contribution in [0.15, 0.2) is 0 Å². The predicted molar refractivity (Wildman–Crippen MR) is 85.2 cm³/mol. The van der Waals surface area contributed by atoms with E-state index < -0.39 is 0 Å². The van der Waals surface area contributed by atoms with Crippen molar-refractivity contribution < 1.29 is 4.79 Å². The van der Waals surface area contributed by atoms with Crippen molar-refractivity contribution in [1.29, 1.82) is 0 Å². The van der Waals surface area contributed by atoms with Gasteiger partial charge in [0, 0.05) is 25.7 Å². The first-order valence-corrected chi connectivity index (χ1v) is 9.01. The van der Waals surface area contributed by atoms with E-state index in [1.165, 1.54) is 51.5 Å². The maximum absolute atomic E-state index is 12.8. The van der Waals surface area contributed by atoms with Crippen molar-refractivity contribution in [3.63, 3.8) is 0 Å². The normalized spacial score (nSPS) is 28.7. The van der Waals surface area contributed by atoms with Gasteiger partial charge in [-0.1, -0.05) is 0 Å². The topological polar surface area (TPSA) is 35.6 Å². The molecule has 0 aromatic rings. The zero-order valence-electron chi connectivity index (χ0n) is 13.5. The molecule has 0 aromatic carbocycles. The van der Waals surface area contributed by atoms with Crippen LogP contribution in [-0.2, 0) is 4.79 Å². The van der Waals surface area contributed by atoms with E-state index in [1.807, 2.05) is 0 Å². The highest BCUT2D eigenvalue weighted by Gasteiger charge is 2.37. The summed E-state index contributed by atoms with van der Waals surface area (Å²) < 4.78 is 0. The molecule has 2 atom stereocenters. The molecule has 0 spiro atoms. The molecule has 21 heavy (non-hydrogen) atoms. The second-order valence-electron chi connectivity index (χ2n) is 7.20. The van der Waals surface area contributed by atoms with Gasteiger partial charge in [-0.05, 0) is 70.9 Å². The summed E-state index contributed by atoms with van der Waals surface area (Å²) in [6.07, 6.45) is 8.86. The van der Waals surface area contributed by atoms with E-state index in [1.54, 1.807) is 0 Å². The Bertz CT molecular complexity index is 344. The molecule has 1 saturated carbocycles. The molecule has 4 nitrogen and oxygen atoms in total. The lowest BCUT2D eigenvalue weighted by Crippen LogP contribution is -2.51. The molecule has 1 amide bonds. The summed E-state index contributed by atoms with van der Waals surface area (Å²) in [4.78, 5) is 17.4. The molecule has 3 aliphatic rings. The SMILES string of the molecule is CC(C(=O)N1CCCCC1)N(CC1CCCNC1)C1CC1. The van der Waals surface area contributed by atoms with Gasteiger partial charge in [-0.25, -0.2) is 0 Å². The van der Waals surface area contributed by atoms with E-state index in [2.05, 4.69) is 22.0 Å². The Morgan fingerprint density at radius 3 is 2.57 bits per heavy atom. The number of amides is 1. The van der Waals surface area contributed by atoms with E-state index in [0.717, 1.165) is 32.1 Å². The highest BCUT2D eigenvalue weighted by molar-refractivity contribution is 5.81. The Balaban J connectivity index is 1.58. The molecule has 0 radical (unpaired) electrons. The third-order valence-corrected chi connectivity index (χ3v) is 5.41. The van der Waals surface area contributed by atoms with Crippen LogP contribution in [0, 0.1) is 5.92 Å². The lowest BCUT2D eigenvalue weighted by Gasteiger charge is -2.37. The van der Waals surface area contributed by atoms with Crippen LogP contribution in [0.2, 0.25) is 0 Å². The summed E-state index contributed by atoms with van der Waals surface area (Å²) in [6, 6.07) is 0.758. The molecule has 2 aliphatic heterocycles. The Hall–Kier alpha value is -0.610. The summed E-state index contributed by atoms with van der Waals surface area (Å²) in [5.41, 5.74) is 0. The van der Waals surface area contributed by atoms with Crippen LogP contribution < -0.4 is 5.32 Å². The zero-order chi connectivity index (χ0) is 14.7. The van der Waals surface area contributed by atoms with Crippen LogP contribution in [0.5, 0.6) is 0 Å². The fourth-order valence-corrected chi connectivity index (χ4v) is 3.93. The van der Waals surface area contributed by atoms with E-state index in [4.69, 9.17) is 0 Å². The van der Waals surface area contributed by atoms with E-state index >= 15 is 0 Å². The molecule has 2 heterocycles. The number of hydrogen-bond acceptors (Lipinski definition) is 3. The Labute approximate surface area is 129 Å². The minimum absolute atomic E-state index is 0.0810. The highest BCUT2D eigenvalue weighted by atomic mass is 16.2. The molecule has 3 rings (SSSR count). The first kappa shape index (κ1) is 15.3. The molecule has 3 fully saturated rings. The van der Waals surface area contributed by atoms with Gasteiger partial charge < -0.3 is 10.2 Å². The lowest BCUT2D eigenvalue weighted by molar-refractivity contribution is -0.137. The third-order valence-electron chi connectivity index (χ3n) is 5.41. The molecule has 1 aliphatic carbocycles. The maximum atomic E-state index is 12.8. The van der Waals surface area contributed by atoms with E-state index in [-0.39, 0.29) is 6.04 Å². The van der Waals surface area contributed by atoms with Crippen molar-refractivity contribution in [2.75, 3.05) is 32.7 Å². The number of piperidine rings is 2.